The van der Waals surface area contributed by atoms with Gasteiger partial charge in [-0.1, -0.05) is 17.7 Å². The Morgan fingerprint density at radius 1 is 1.50 bits per heavy atom. The molecular weight excluding hydrogens is 200 g/mol. The second-order valence-electron chi connectivity index (χ2n) is 3.02. The monoisotopic (exact) mass is 212 g/mol. The summed E-state index contributed by atoms with van der Waals surface area (Å²) in [7, 11) is 1.61. The van der Waals surface area contributed by atoms with Gasteiger partial charge in [-0.25, -0.2) is 0 Å². The summed E-state index contributed by atoms with van der Waals surface area (Å²) in [4.78, 5) is 10.1. The number of hydrogen-bond acceptors (Lipinski definition) is 2. The highest BCUT2D eigenvalue weighted by molar-refractivity contribution is 6.31. The Labute approximate surface area is 88.8 Å². The first-order chi connectivity index (χ1) is 6.77. The highest BCUT2D eigenvalue weighted by Crippen LogP contribution is 2.23. The topological polar surface area (TPSA) is 26.3 Å². The van der Waals surface area contributed by atoms with E-state index in [2.05, 4.69) is 0 Å². The molecule has 0 N–H and O–H groups in total. The molecular formula is C11H13ClO2. The molecule has 0 aliphatic heterocycles. The summed E-state index contributed by atoms with van der Waals surface area (Å²) in [6.45, 7) is 0. The summed E-state index contributed by atoms with van der Waals surface area (Å²) >= 11 is 6.02. The van der Waals surface area contributed by atoms with Crippen LogP contribution in [0.25, 0.3) is 0 Å². The van der Waals surface area contributed by atoms with Crippen molar-refractivity contribution in [3.05, 3.63) is 28.8 Å². The third-order valence-corrected chi connectivity index (χ3v) is 2.38. The van der Waals surface area contributed by atoms with E-state index in [1.165, 1.54) is 0 Å². The van der Waals surface area contributed by atoms with Gasteiger partial charge in [-0.2, -0.15) is 0 Å². The van der Waals surface area contributed by atoms with Gasteiger partial charge in [0.1, 0.15) is 12.0 Å². The van der Waals surface area contributed by atoms with E-state index in [1.807, 2.05) is 12.1 Å². The van der Waals surface area contributed by atoms with Crippen molar-refractivity contribution in [2.24, 2.45) is 0 Å². The number of hydrogen-bond donors (Lipinski definition) is 0. The molecule has 0 fully saturated rings. The molecule has 0 amide bonds. The first-order valence-electron chi connectivity index (χ1n) is 4.54. The Morgan fingerprint density at radius 2 is 2.29 bits per heavy atom. The van der Waals surface area contributed by atoms with Crippen LogP contribution in [0.4, 0.5) is 0 Å². The second-order valence-corrected chi connectivity index (χ2v) is 3.42. The van der Waals surface area contributed by atoms with Crippen molar-refractivity contribution in [3.63, 3.8) is 0 Å². The van der Waals surface area contributed by atoms with Gasteiger partial charge in [0.15, 0.2) is 0 Å². The highest BCUT2D eigenvalue weighted by Gasteiger charge is 2.01. The fourth-order valence-corrected chi connectivity index (χ4v) is 1.50. The van der Waals surface area contributed by atoms with Crippen molar-refractivity contribution >= 4 is 17.9 Å². The predicted molar refractivity (Wildman–Crippen MR) is 57.0 cm³/mol. The van der Waals surface area contributed by atoms with E-state index in [0.717, 1.165) is 30.4 Å². The van der Waals surface area contributed by atoms with Gasteiger partial charge in [0, 0.05) is 11.4 Å². The van der Waals surface area contributed by atoms with Crippen LogP contribution in [0.15, 0.2) is 18.2 Å². The van der Waals surface area contributed by atoms with E-state index >= 15 is 0 Å². The van der Waals surface area contributed by atoms with Gasteiger partial charge >= 0.3 is 0 Å². The number of aldehydes is 1. The fraction of sp³-hybridized carbons (Fsp3) is 0.364. The maximum Gasteiger partial charge on any atom is 0.120 e. The summed E-state index contributed by atoms with van der Waals surface area (Å²) in [6.07, 6.45) is 3.19. The number of methoxy groups -OCH3 is 1. The molecule has 0 radical (unpaired) electrons. The van der Waals surface area contributed by atoms with Crippen molar-refractivity contribution in [2.45, 2.75) is 19.3 Å². The Hall–Kier alpha value is -1.02. The zero-order chi connectivity index (χ0) is 10.4. The number of unbranched alkanes of at least 4 members (excludes halogenated alkanes) is 1. The fourth-order valence-electron chi connectivity index (χ4n) is 1.23. The van der Waals surface area contributed by atoms with Crippen LogP contribution in [0.2, 0.25) is 5.02 Å². The average Bonchev–Trinajstić information content (AvgIpc) is 2.20. The van der Waals surface area contributed by atoms with Crippen molar-refractivity contribution in [2.75, 3.05) is 7.11 Å². The number of carbonyl (C=O) groups is 1. The molecule has 3 heteroatoms. The highest BCUT2D eigenvalue weighted by atomic mass is 35.5. The summed E-state index contributed by atoms with van der Waals surface area (Å²) < 4.78 is 5.04. The Morgan fingerprint density at radius 3 is 2.86 bits per heavy atom. The van der Waals surface area contributed by atoms with Gasteiger partial charge in [0.2, 0.25) is 0 Å². The molecule has 76 valence electrons. The molecule has 1 aromatic carbocycles. The van der Waals surface area contributed by atoms with E-state index in [0.29, 0.717) is 11.4 Å². The lowest BCUT2D eigenvalue weighted by molar-refractivity contribution is -0.107. The lowest BCUT2D eigenvalue weighted by Gasteiger charge is -2.05. The maximum atomic E-state index is 10.1. The van der Waals surface area contributed by atoms with Gasteiger partial charge in [-0.3, -0.25) is 0 Å². The van der Waals surface area contributed by atoms with Crippen LogP contribution in [-0.4, -0.2) is 13.4 Å². The molecule has 1 rings (SSSR count). The van der Waals surface area contributed by atoms with Gasteiger partial charge in [0.05, 0.1) is 7.11 Å². The molecule has 0 aromatic heterocycles. The number of aryl methyl sites for hydroxylation is 1. The number of carbonyl (C=O) groups excluding carboxylic acids is 1. The Kier molecular flexibility index (Phi) is 4.47. The van der Waals surface area contributed by atoms with Crippen LogP contribution in [0.5, 0.6) is 5.75 Å². The maximum absolute atomic E-state index is 10.1. The van der Waals surface area contributed by atoms with Gasteiger partial charge < -0.3 is 9.53 Å². The van der Waals surface area contributed by atoms with Crippen LogP contribution >= 0.6 is 11.6 Å². The lowest BCUT2D eigenvalue weighted by Crippen LogP contribution is -1.89. The molecule has 0 unspecified atom stereocenters. The van der Waals surface area contributed by atoms with Crippen LogP contribution < -0.4 is 4.74 Å². The minimum absolute atomic E-state index is 0.586. The molecule has 0 spiro atoms. The third-order valence-electron chi connectivity index (χ3n) is 2.03. The van der Waals surface area contributed by atoms with E-state index in [4.69, 9.17) is 16.3 Å². The Bertz CT molecular complexity index is 310. The normalized spacial score (nSPS) is 9.86. The van der Waals surface area contributed by atoms with Crippen molar-refractivity contribution in [3.8, 4) is 5.75 Å². The molecule has 0 bridgehead atoms. The lowest BCUT2D eigenvalue weighted by atomic mass is 10.1. The summed E-state index contributed by atoms with van der Waals surface area (Å²) in [5.41, 5.74) is 1.06. The van der Waals surface area contributed by atoms with Crippen molar-refractivity contribution < 1.29 is 9.53 Å². The zero-order valence-electron chi connectivity index (χ0n) is 8.13. The van der Waals surface area contributed by atoms with Crippen LogP contribution in [0.1, 0.15) is 18.4 Å². The number of ether oxygens (including phenoxy) is 1. The van der Waals surface area contributed by atoms with Crippen LogP contribution in [0, 0.1) is 0 Å². The SMILES string of the molecule is COc1ccc(CCCC=O)c(Cl)c1. The van der Waals surface area contributed by atoms with Crippen molar-refractivity contribution in [1.29, 1.82) is 0 Å². The van der Waals surface area contributed by atoms with Gasteiger partial charge in [-0.15, -0.1) is 0 Å². The quantitative estimate of drug-likeness (QED) is 0.554. The predicted octanol–water partition coefficient (Wildman–Crippen LogP) is 2.87. The first kappa shape index (κ1) is 11.1. The van der Waals surface area contributed by atoms with E-state index in [-0.39, 0.29) is 0 Å². The summed E-state index contributed by atoms with van der Waals surface area (Å²) in [6, 6.07) is 5.60. The van der Waals surface area contributed by atoms with Gasteiger partial charge in [-0.05, 0) is 30.5 Å². The second kappa shape index (κ2) is 5.66. The molecule has 0 aliphatic rings. The smallest absolute Gasteiger partial charge is 0.120 e. The van der Waals surface area contributed by atoms with Crippen LogP contribution in [0.3, 0.4) is 0 Å². The summed E-state index contributed by atoms with van der Waals surface area (Å²) in [5, 5.41) is 0.704. The summed E-state index contributed by atoms with van der Waals surface area (Å²) in [5.74, 6) is 0.758. The van der Waals surface area contributed by atoms with E-state index in [9.17, 15) is 4.79 Å². The molecule has 0 atom stereocenters. The first-order valence-corrected chi connectivity index (χ1v) is 4.91. The van der Waals surface area contributed by atoms with Crippen molar-refractivity contribution in [1.82, 2.24) is 0 Å². The molecule has 14 heavy (non-hydrogen) atoms. The molecule has 0 saturated heterocycles. The molecule has 0 saturated carbocycles. The molecule has 1 aromatic rings. The van der Waals surface area contributed by atoms with E-state index < -0.39 is 0 Å². The Balaban J connectivity index is 2.63. The number of rotatable bonds is 5. The molecule has 0 heterocycles. The average molecular weight is 213 g/mol. The number of halogens is 1. The minimum Gasteiger partial charge on any atom is -0.497 e. The minimum atomic E-state index is 0.586. The van der Waals surface area contributed by atoms with E-state index in [1.54, 1.807) is 13.2 Å². The largest absolute Gasteiger partial charge is 0.497 e. The zero-order valence-corrected chi connectivity index (χ0v) is 8.88. The molecule has 2 nitrogen and oxygen atoms in total. The van der Waals surface area contributed by atoms with Gasteiger partial charge in [0.25, 0.3) is 0 Å². The number of benzene rings is 1. The third kappa shape index (κ3) is 3.04. The van der Waals surface area contributed by atoms with Crippen LogP contribution in [-0.2, 0) is 11.2 Å². The standard InChI is InChI=1S/C11H13ClO2/c1-14-10-6-5-9(11(12)8-10)4-2-3-7-13/h5-8H,2-4H2,1H3. The molecule has 0 aliphatic carbocycles.